The summed E-state index contributed by atoms with van der Waals surface area (Å²) in [6.07, 6.45) is 1.60. The van der Waals surface area contributed by atoms with E-state index in [1.807, 2.05) is 31.2 Å². The Kier molecular flexibility index (Phi) is 3.56. The number of hydrogen-bond acceptors (Lipinski definition) is 5. The summed E-state index contributed by atoms with van der Waals surface area (Å²) in [6.45, 7) is 3.13. The van der Waals surface area contributed by atoms with Crippen LogP contribution in [0.1, 0.15) is 12.5 Å². The number of anilines is 2. The van der Waals surface area contributed by atoms with Gasteiger partial charge in [-0.05, 0) is 36.7 Å². The van der Waals surface area contributed by atoms with E-state index in [1.54, 1.807) is 12.3 Å². The van der Waals surface area contributed by atoms with Gasteiger partial charge in [0, 0.05) is 17.4 Å². The van der Waals surface area contributed by atoms with Crippen LogP contribution in [0.2, 0.25) is 5.28 Å². The predicted molar refractivity (Wildman–Crippen MR) is 76.0 cm³/mol. The number of aromatic nitrogens is 2. The first-order chi connectivity index (χ1) is 9.66. The molecule has 0 unspecified atom stereocenters. The molecule has 2 heterocycles. The summed E-state index contributed by atoms with van der Waals surface area (Å²) >= 11 is 5.77. The van der Waals surface area contributed by atoms with E-state index in [0.29, 0.717) is 19.0 Å². The molecule has 3 rings (SSSR count). The van der Waals surface area contributed by atoms with E-state index in [2.05, 4.69) is 15.3 Å². The van der Waals surface area contributed by atoms with Crippen LogP contribution in [-0.4, -0.2) is 23.2 Å². The van der Waals surface area contributed by atoms with E-state index in [0.717, 1.165) is 11.3 Å². The van der Waals surface area contributed by atoms with Gasteiger partial charge in [-0.25, -0.2) is 9.97 Å². The molecular weight excluding hydrogens is 278 g/mol. The molecule has 1 saturated heterocycles. The highest BCUT2D eigenvalue weighted by Crippen LogP contribution is 2.32. The third-order valence-corrected chi connectivity index (χ3v) is 3.31. The van der Waals surface area contributed by atoms with E-state index in [4.69, 9.17) is 21.1 Å². The van der Waals surface area contributed by atoms with Crippen molar-refractivity contribution in [1.29, 1.82) is 0 Å². The second-order valence-corrected chi connectivity index (χ2v) is 4.90. The van der Waals surface area contributed by atoms with Gasteiger partial charge in [0.25, 0.3) is 0 Å². The number of nitrogens with one attached hydrogen (secondary N) is 1. The Morgan fingerprint density at radius 3 is 2.80 bits per heavy atom. The number of halogens is 1. The van der Waals surface area contributed by atoms with Gasteiger partial charge in [-0.2, -0.15) is 0 Å². The summed E-state index contributed by atoms with van der Waals surface area (Å²) in [6, 6.07) is 9.59. The number of benzene rings is 1. The van der Waals surface area contributed by atoms with Gasteiger partial charge in [-0.3, -0.25) is 0 Å². The molecule has 0 spiro atoms. The standard InChI is InChI=1S/C14H14ClN3O2/c1-14(19-7-8-20-14)10-3-2-4-11(9-10)17-12-5-6-16-13(15)18-12/h2-6,9H,7-8H2,1H3,(H,16,17,18). The Balaban J connectivity index is 1.84. The zero-order valence-electron chi connectivity index (χ0n) is 11.0. The van der Waals surface area contributed by atoms with E-state index in [9.17, 15) is 0 Å². The van der Waals surface area contributed by atoms with Gasteiger partial charge in [0.2, 0.25) is 5.28 Å². The lowest BCUT2D eigenvalue weighted by Crippen LogP contribution is -2.22. The van der Waals surface area contributed by atoms with Crippen molar-refractivity contribution < 1.29 is 9.47 Å². The quantitative estimate of drug-likeness (QED) is 0.881. The maximum absolute atomic E-state index is 5.77. The molecule has 5 nitrogen and oxygen atoms in total. The molecule has 1 aromatic carbocycles. The SMILES string of the molecule is CC1(c2cccc(Nc3ccnc(Cl)n3)c2)OCCO1. The average Bonchev–Trinajstić information content (AvgIpc) is 2.87. The number of rotatable bonds is 3. The van der Waals surface area contributed by atoms with Crippen molar-refractivity contribution in [2.24, 2.45) is 0 Å². The van der Waals surface area contributed by atoms with Gasteiger partial charge in [0.05, 0.1) is 13.2 Å². The summed E-state index contributed by atoms with van der Waals surface area (Å²) < 4.78 is 11.3. The number of ether oxygens (including phenoxy) is 2. The first-order valence-corrected chi connectivity index (χ1v) is 6.67. The minimum atomic E-state index is -0.680. The van der Waals surface area contributed by atoms with Crippen molar-refractivity contribution in [3.8, 4) is 0 Å². The van der Waals surface area contributed by atoms with Crippen molar-refractivity contribution in [2.75, 3.05) is 18.5 Å². The van der Waals surface area contributed by atoms with Crippen LogP contribution in [-0.2, 0) is 15.3 Å². The molecular formula is C14H14ClN3O2. The molecule has 1 aliphatic rings. The molecule has 0 atom stereocenters. The lowest BCUT2D eigenvalue weighted by molar-refractivity contribution is -0.149. The summed E-state index contributed by atoms with van der Waals surface area (Å²) in [5.41, 5.74) is 1.85. The lowest BCUT2D eigenvalue weighted by atomic mass is 10.1. The van der Waals surface area contributed by atoms with Crippen LogP contribution in [0.5, 0.6) is 0 Å². The molecule has 1 aromatic heterocycles. The highest BCUT2D eigenvalue weighted by atomic mass is 35.5. The van der Waals surface area contributed by atoms with Crippen LogP contribution in [0, 0.1) is 0 Å². The number of nitrogens with zero attached hydrogens (tertiary/aromatic N) is 2. The fourth-order valence-electron chi connectivity index (χ4n) is 2.11. The molecule has 1 N–H and O–H groups in total. The topological polar surface area (TPSA) is 56.3 Å². The molecule has 0 bridgehead atoms. The smallest absolute Gasteiger partial charge is 0.224 e. The Labute approximate surface area is 121 Å². The van der Waals surface area contributed by atoms with Crippen LogP contribution >= 0.6 is 11.6 Å². The monoisotopic (exact) mass is 291 g/mol. The summed E-state index contributed by atoms with van der Waals surface area (Å²) in [4.78, 5) is 7.94. The fraction of sp³-hybridized carbons (Fsp3) is 0.286. The molecule has 0 aliphatic carbocycles. The van der Waals surface area contributed by atoms with Crippen LogP contribution in [0.15, 0.2) is 36.5 Å². The third kappa shape index (κ3) is 2.75. The molecule has 0 saturated carbocycles. The zero-order chi connectivity index (χ0) is 14.0. The molecule has 20 heavy (non-hydrogen) atoms. The maximum atomic E-state index is 5.77. The highest BCUT2D eigenvalue weighted by Gasteiger charge is 2.33. The van der Waals surface area contributed by atoms with Crippen LogP contribution in [0.4, 0.5) is 11.5 Å². The van der Waals surface area contributed by atoms with Crippen LogP contribution in [0.25, 0.3) is 0 Å². The normalized spacial score (nSPS) is 17.1. The number of hydrogen-bond donors (Lipinski definition) is 1. The predicted octanol–water partition coefficient (Wildman–Crippen LogP) is 3.09. The molecule has 0 radical (unpaired) electrons. The van der Waals surface area contributed by atoms with Gasteiger partial charge in [0.15, 0.2) is 5.79 Å². The second kappa shape index (κ2) is 5.36. The Bertz CT molecular complexity index is 615. The Morgan fingerprint density at radius 1 is 1.25 bits per heavy atom. The molecule has 6 heteroatoms. The lowest BCUT2D eigenvalue weighted by Gasteiger charge is -2.23. The largest absolute Gasteiger partial charge is 0.344 e. The minimum Gasteiger partial charge on any atom is -0.344 e. The Morgan fingerprint density at radius 2 is 2.05 bits per heavy atom. The average molecular weight is 292 g/mol. The molecule has 1 fully saturated rings. The summed E-state index contributed by atoms with van der Waals surface area (Å²) in [7, 11) is 0. The highest BCUT2D eigenvalue weighted by molar-refractivity contribution is 6.28. The van der Waals surface area contributed by atoms with Gasteiger partial charge in [0.1, 0.15) is 5.82 Å². The van der Waals surface area contributed by atoms with Crippen LogP contribution in [0.3, 0.4) is 0 Å². The third-order valence-electron chi connectivity index (χ3n) is 3.12. The van der Waals surface area contributed by atoms with Crippen molar-refractivity contribution >= 4 is 23.1 Å². The van der Waals surface area contributed by atoms with E-state index < -0.39 is 5.79 Å². The van der Waals surface area contributed by atoms with Crippen LogP contribution < -0.4 is 5.32 Å². The van der Waals surface area contributed by atoms with Gasteiger partial charge in [-0.15, -0.1) is 0 Å². The first-order valence-electron chi connectivity index (χ1n) is 6.30. The fourth-order valence-corrected chi connectivity index (χ4v) is 2.26. The first kappa shape index (κ1) is 13.3. The van der Waals surface area contributed by atoms with Crippen molar-refractivity contribution in [3.63, 3.8) is 0 Å². The maximum Gasteiger partial charge on any atom is 0.224 e. The van der Waals surface area contributed by atoms with E-state index >= 15 is 0 Å². The van der Waals surface area contributed by atoms with E-state index in [-0.39, 0.29) is 5.28 Å². The van der Waals surface area contributed by atoms with Crippen molar-refractivity contribution in [1.82, 2.24) is 9.97 Å². The second-order valence-electron chi connectivity index (χ2n) is 4.56. The van der Waals surface area contributed by atoms with Crippen molar-refractivity contribution in [2.45, 2.75) is 12.7 Å². The molecule has 2 aromatic rings. The zero-order valence-corrected chi connectivity index (χ0v) is 11.7. The molecule has 1 aliphatic heterocycles. The van der Waals surface area contributed by atoms with E-state index in [1.165, 1.54) is 0 Å². The summed E-state index contributed by atoms with van der Waals surface area (Å²) in [5.74, 6) is -0.0401. The van der Waals surface area contributed by atoms with Gasteiger partial charge >= 0.3 is 0 Å². The van der Waals surface area contributed by atoms with Gasteiger partial charge < -0.3 is 14.8 Å². The molecule has 0 amide bonds. The molecule has 104 valence electrons. The summed E-state index contributed by atoms with van der Waals surface area (Å²) in [5, 5.41) is 3.39. The van der Waals surface area contributed by atoms with Gasteiger partial charge in [-0.1, -0.05) is 12.1 Å². The van der Waals surface area contributed by atoms with Crippen molar-refractivity contribution in [3.05, 3.63) is 47.4 Å². The Hall–Kier alpha value is -1.69. The minimum absolute atomic E-state index is 0.209.